The maximum absolute atomic E-state index is 12.5. The number of piperidine rings is 1. The third kappa shape index (κ3) is 5.02. The van der Waals surface area contributed by atoms with Crippen molar-refractivity contribution in [2.75, 3.05) is 25.1 Å². The summed E-state index contributed by atoms with van der Waals surface area (Å²) in [6.07, 6.45) is 11.0. The van der Waals surface area contributed by atoms with Gasteiger partial charge in [0.2, 0.25) is 0 Å². The van der Waals surface area contributed by atoms with Gasteiger partial charge in [-0.05, 0) is 98.6 Å². The number of rotatable bonds is 7. The van der Waals surface area contributed by atoms with Crippen molar-refractivity contribution in [3.63, 3.8) is 0 Å². The molecule has 2 fully saturated rings. The Morgan fingerprint density at radius 2 is 1.78 bits per heavy atom. The van der Waals surface area contributed by atoms with Crippen LogP contribution in [0.3, 0.4) is 0 Å². The number of pyridine rings is 1. The Bertz CT molecular complexity index is 1920. The van der Waals surface area contributed by atoms with Crippen LogP contribution in [0.4, 0.5) is 5.69 Å². The number of anilines is 1. The zero-order valence-corrected chi connectivity index (χ0v) is 25.2. The van der Waals surface area contributed by atoms with Gasteiger partial charge in [0.25, 0.3) is 0 Å². The number of carbonyl (C=O) groups excluding carboxylic acids is 1. The van der Waals surface area contributed by atoms with Crippen LogP contribution in [-0.2, 0) is 11.4 Å². The Morgan fingerprint density at radius 1 is 0.956 bits per heavy atom. The average molecular weight is 598 g/mol. The second kappa shape index (κ2) is 11.3. The van der Waals surface area contributed by atoms with Gasteiger partial charge in [-0.25, -0.2) is 9.97 Å². The first-order chi connectivity index (χ1) is 22.1. The molecule has 226 valence electrons. The number of hydrazone groups is 1. The van der Waals surface area contributed by atoms with Gasteiger partial charge in [0.15, 0.2) is 0 Å². The van der Waals surface area contributed by atoms with Crippen LogP contribution in [-0.4, -0.2) is 62.6 Å². The molecular weight excluding hydrogens is 562 g/mol. The van der Waals surface area contributed by atoms with Crippen molar-refractivity contribution in [3.8, 4) is 22.6 Å². The van der Waals surface area contributed by atoms with Crippen LogP contribution in [0.1, 0.15) is 71.4 Å². The number of benzene rings is 2. The number of hydrogen-bond donors (Lipinski definition) is 2. The van der Waals surface area contributed by atoms with E-state index >= 15 is 0 Å². The molecule has 0 radical (unpaired) electrons. The van der Waals surface area contributed by atoms with E-state index in [0.29, 0.717) is 34.4 Å². The standard InChI is InChI=1S/C36H35N7O2/c1-42-13-11-23(12-14-42)25-8-10-31(37-17-25)32-16-29-35(38-21-39-36(29)41-32)28-3-2-4-33(30(28)19-44)43-34(20-45)27-9-7-24(22-5-6-22)15-26(27)18-40-43/h2-4,7-10,15-18,20-23,34,44H,5-6,11-14,19H2,1H3,(H,38,39,41). The maximum Gasteiger partial charge on any atom is 0.149 e. The van der Waals surface area contributed by atoms with E-state index in [-0.39, 0.29) is 6.61 Å². The molecule has 2 aliphatic heterocycles. The van der Waals surface area contributed by atoms with Crippen molar-refractivity contribution in [1.29, 1.82) is 0 Å². The number of H-pyrrole nitrogens is 1. The number of aromatic nitrogens is 4. The minimum atomic E-state index is -0.605. The summed E-state index contributed by atoms with van der Waals surface area (Å²) in [7, 11) is 2.18. The van der Waals surface area contributed by atoms with E-state index in [2.05, 4.69) is 51.2 Å². The number of aromatic amines is 1. The first-order valence-corrected chi connectivity index (χ1v) is 15.8. The number of nitrogens with one attached hydrogen (secondary N) is 1. The molecule has 0 amide bonds. The SMILES string of the molecule is CN1CCC(c2ccc(-c3cc4c(-c5cccc(N6N=Cc7cc(C8CC8)ccc7C6C=O)c5CO)ncnc4[nH]3)nc2)CC1. The van der Waals surface area contributed by atoms with Gasteiger partial charge in [-0.1, -0.05) is 30.3 Å². The molecule has 9 nitrogen and oxygen atoms in total. The second-order valence-corrected chi connectivity index (χ2v) is 12.5. The van der Waals surface area contributed by atoms with E-state index in [1.165, 1.54) is 30.3 Å². The van der Waals surface area contributed by atoms with Crippen LogP contribution < -0.4 is 5.01 Å². The smallest absolute Gasteiger partial charge is 0.149 e. The second-order valence-electron chi connectivity index (χ2n) is 12.5. The molecule has 8 rings (SSSR count). The number of likely N-dealkylation sites (tertiary alicyclic amines) is 1. The number of aliphatic hydroxyl groups is 1. The highest BCUT2D eigenvalue weighted by atomic mass is 16.3. The molecule has 3 aromatic heterocycles. The summed E-state index contributed by atoms with van der Waals surface area (Å²) in [6, 6.07) is 17.8. The zero-order chi connectivity index (χ0) is 30.5. The molecule has 2 N–H and O–H groups in total. The maximum atomic E-state index is 12.5. The Labute approximate surface area is 261 Å². The van der Waals surface area contributed by atoms with Gasteiger partial charge in [0, 0.05) is 28.3 Å². The fraction of sp³-hybridized carbons (Fsp3) is 0.306. The molecule has 5 aromatic rings. The van der Waals surface area contributed by atoms with E-state index in [9.17, 15) is 9.90 Å². The number of hydrogen-bond acceptors (Lipinski definition) is 8. The first-order valence-electron chi connectivity index (χ1n) is 15.8. The van der Waals surface area contributed by atoms with Crippen molar-refractivity contribution < 1.29 is 9.90 Å². The molecule has 1 unspecified atom stereocenters. The number of aldehydes is 1. The van der Waals surface area contributed by atoms with Crippen molar-refractivity contribution in [2.45, 2.75) is 50.2 Å². The van der Waals surface area contributed by atoms with E-state index in [4.69, 9.17) is 10.1 Å². The van der Waals surface area contributed by atoms with Crippen molar-refractivity contribution in [3.05, 3.63) is 94.9 Å². The predicted molar refractivity (Wildman–Crippen MR) is 175 cm³/mol. The van der Waals surface area contributed by atoms with Crippen molar-refractivity contribution in [1.82, 2.24) is 24.8 Å². The third-order valence-corrected chi connectivity index (χ3v) is 9.68. The van der Waals surface area contributed by atoms with Gasteiger partial charge in [0.1, 0.15) is 24.3 Å². The molecular formula is C36H35N7O2. The number of carbonyl (C=O) groups is 1. The Balaban J connectivity index is 1.14. The normalized spacial score (nSPS) is 18.8. The summed E-state index contributed by atoms with van der Waals surface area (Å²) in [6.45, 7) is 1.97. The van der Waals surface area contributed by atoms with Gasteiger partial charge in [-0.3, -0.25) is 9.99 Å². The van der Waals surface area contributed by atoms with E-state index in [1.54, 1.807) is 5.01 Å². The molecule has 1 aliphatic carbocycles. The summed E-state index contributed by atoms with van der Waals surface area (Å²) >= 11 is 0. The lowest BCUT2D eigenvalue weighted by atomic mass is 9.90. The minimum absolute atomic E-state index is 0.251. The fourth-order valence-corrected chi connectivity index (χ4v) is 6.93. The monoisotopic (exact) mass is 597 g/mol. The Morgan fingerprint density at radius 3 is 2.53 bits per heavy atom. The molecule has 0 spiro atoms. The van der Waals surface area contributed by atoms with Crippen LogP contribution in [0, 0.1) is 0 Å². The predicted octanol–water partition coefficient (Wildman–Crippen LogP) is 5.96. The van der Waals surface area contributed by atoms with Crippen LogP contribution in [0.15, 0.2) is 72.2 Å². The van der Waals surface area contributed by atoms with E-state index in [0.717, 1.165) is 65.7 Å². The fourth-order valence-electron chi connectivity index (χ4n) is 6.93. The molecule has 1 saturated heterocycles. The topological polar surface area (TPSA) is 111 Å². The van der Waals surface area contributed by atoms with E-state index < -0.39 is 6.04 Å². The van der Waals surface area contributed by atoms with Gasteiger partial charge in [-0.2, -0.15) is 5.10 Å². The third-order valence-electron chi connectivity index (χ3n) is 9.68. The highest BCUT2D eigenvalue weighted by Crippen LogP contribution is 2.43. The van der Waals surface area contributed by atoms with E-state index in [1.807, 2.05) is 42.7 Å². The molecule has 5 heterocycles. The van der Waals surface area contributed by atoms with Crippen LogP contribution in [0.25, 0.3) is 33.7 Å². The lowest BCUT2D eigenvalue weighted by Gasteiger charge is -2.32. The number of aliphatic hydroxyl groups excluding tert-OH is 1. The Kier molecular flexibility index (Phi) is 6.99. The van der Waals surface area contributed by atoms with Crippen molar-refractivity contribution >= 4 is 29.2 Å². The van der Waals surface area contributed by atoms with Crippen molar-refractivity contribution in [2.24, 2.45) is 5.10 Å². The van der Waals surface area contributed by atoms with Crippen LogP contribution in [0.5, 0.6) is 0 Å². The van der Waals surface area contributed by atoms with Crippen LogP contribution >= 0.6 is 0 Å². The highest BCUT2D eigenvalue weighted by Gasteiger charge is 2.31. The van der Waals surface area contributed by atoms with Crippen LogP contribution in [0.2, 0.25) is 0 Å². The molecule has 1 saturated carbocycles. The summed E-state index contributed by atoms with van der Waals surface area (Å²) in [5.74, 6) is 1.16. The lowest BCUT2D eigenvalue weighted by Crippen LogP contribution is -2.30. The average Bonchev–Trinajstić information content (AvgIpc) is 3.85. The van der Waals surface area contributed by atoms with Gasteiger partial charge >= 0.3 is 0 Å². The molecule has 1 atom stereocenters. The van der Waals surface area contributed by atoms with Gasteiger partial charge in [0.05, 0.1) is 35.6 Å². The number of nitrogens with zero attached hydrogens (tertiary/aromatic N) is 6. The minimum Gasteiger partial charge on any atom is -0.392 e. The summed E-state index contributed by atoms with van der Waals surface area (Å²) in [5.41, 5.74) is 9.60. The molecule has 9 heteroatoms. The van der Waals surface area contributed by atoms with Gasteiger partial charge < -0.3 is 19.8 Å². The molecule has 45 heavy (non-hydrogen) atoms. The molecule has 3 aliphatic rings. The zero-order valence-electron chi connectivity index (χ0n) is 25.2. The summed E-state index contributed by atoms with van der Waals surface area (Å²) in [4.78, 5) is 32.3. The Hall–Kier alpha value is -4.73. The first kappa shape index (κ1) is 27.8. The molecule has 2 aromatic carbocycles. The highest BCUT2D eigenvalue weighted by molar-refractivity contribution is 5.96. The lowest BCUT2D eigenvalue weighted by molar-refractivity contribution is -0.109. The number of fused-ring (bicyclic) bond motifs is 2. The quantitative estimate of drug-likeness (QED) is 0.223. The summed E-state index contributed by atoms with van der Waals surface area (Å²) in [5, 5.41) is 18.0. The summed E-state index contributed by atoms with van der Waals surface area (Å²) < 4.78 is 0. The molecule has 0 bridgehead atoms. The largest absolute Gasteiger partial charge is 0.392 e. The van der Waals surface area contributed by atoms with Gasteiger partial charge in [-0.15, -0.1) is 0 Å².